The highest BCUT2D eigenvalue weighted by Gasteiger charge is 2.38. The summed E-state index contributed by atoms with van der Waals surface area (Å²) >= 11 is 12.3. The Morgan fingerprint density at radius 1 is 0.597 bits per heavy atom. The highest BCUT2D eigenvalue weighted by molar-refractivity contribution is 7.48. The third-order valence-electron chi connectivity index (χ3n) is 9.52. The summed E-state index contributed by atoms with van der Waals surface area (Å²) < 4.78 is 79.4. The summed E-state index contributed by atoms with van der Waals surface area (Å²) in [6.45, 7) is 0.938. The summed E-state index contributed by atoms with van der Waals surface area (Å²) in [6, 6.07) is 31.4. The number of alkyl halides is 2. The number of para-hydroxylation sites is 2. The van der Waals surface area contributed by atoms with Crippen LogP contribution in [0.4, 0.5) is 4.53 Å². The zero-order valence-corrected chi connectivity index (χ0v) is 39.0. The molecule has 0 N–H and O–H groups in total. The maximum absolute atomic E-state index is 14.4. The summed E-state index contributed by atoms with van der Waals surface area (Å²) in [4.78, 5) is 3.80. The fourth-order valence-corrected chi connectivity index (χ4v) is 7.97. The van der Waals surface area contributed by atoms with E-state index in [0.717, 1.165) is 59.4 Å². The zero-order valence-electron chi connectivity index (χ0n) is 36.6. The number of likely N-dealkylation sites (N-methyl/N-ethyl adjacent to an activating group) is 2. The first-order valence-corrected chi connectivity index (χ1v) is 23.2. The summed E-state index contributed by atoms with van der Waals surface area (Å²) in [5, 5.41) is 0. The molecule has 4 atom stereocenters. The second-order valence-corrected chi connectivity index (χ2v) is 17.3. The number of hydrogen-bond acceptors (Lipinski definition) is 12. The van der Waals surface area contributed by atoms with Crippen LogP contribution in [0.5, 0.6) is 23.0 Å². The molecule has 0 bridgehead atoms. The molecule has 0 heterocycles. The van der Waals surface area contributed by atoms with E-state index in [0.29, 0.717) is 24.6 Å². The van der Waals surface area contributed by atoms with Crippen LogP contribution in [0.15, 0.2) is 97.1 Å². The van der Waals surface area contributed by atoms with Crippen molar-refractivity contribution in [1.82, 2.24) is 9.80 Å². The van der Waals surface area contributed by atoms with E-state index < -0.39 is 32.6 Å². The Bertz CT molecular complexity index is 1800. The molecule has 342 valence electrons. The normalized spacial score (nSPS) is 13.8. The number of rotatable bonds is 31. The molecule has 0 saturated carbocycles. The van der Waals surface area contributed by atoms with Crippen molar-refractivity contribution in [3.05, 3.63) is 119 Å². The predicted molar refractivity (Wildman–Crippen MR) is 242 cm³/mol. The maximum atomic E-state index is 14.4. The predicted octanol–water partition coefficient (Wildman–Crippen LogP) is 9.58. The molecule has 0 unspecified atom stereocenters. The summed E-state index contributed by atoms with van der Waals surface area (Å²) in [5.41, 5.74) is 4.28. The van der Waals surface area contributed by atoms with Gasteiger partial charge in [-0.25, -0.2) is 4.57 Å². The molecule has 16 heteroatoms. The van der Waals surface area contributed by atoms with Gasteiger partial charge in [0.05, 0.1) is 14.2 Å². The number of aryl methyl sites for hydroxylation is 4. The molecule has 0 amide bonds. The smallest absolute Gasteiger partial charge is 0.497 e. The highest BCUT2D eigenvalue weighted by atomic mass is 35.5. The Hall–Kier alpha value is -3.46. The Kier molecular flexibility index (Phi) is 22.8. The van der Waals surface area contributed by atoms with E-state index in [2.05, 4.69) is 16.9 Å². The Labute approximate surface area is 376 Å². The van der Waals surface area contributed by atoms with Crippen LogP contribution in [0.2, 0.25) is 0 Å². The van der Waals surface area contributed by atoms with Gasteiger partial charge >= 0.3 is 7.82 Å². The lowest BCUT2D eigenvalue weighted by Crippen LogP contribution is -2.38. The topological polar surface area (TPSA) is 107 Å². The highest BCUT2D eigenvalue weighted by Crippen LogP contribution is 2.53. The van der Waals surface area contributed by atoms with Gasteiger partial charge in [-0.15, -0.1) is 23.2 Å². The molecule has 0 aliphatic carbocycles. The zero-order chi connectivity index (χ0) is 44.7. The summed E-state index contributed by atoms with van der Waals surface area (Å²) in [6.07, 6.45) is -0.842. The van der Waals surface area contributed by atoms with Gasteiger partial charge in [0.2, 0.25) is 0 Å². The summed E-state index contributed by atoms with van der Waals surface area (Å²) in [7, 11) is 5.81. The van der Waals surface area contributed by atoms with E-state index in [1.165, 1.54) is 0 Å². The SMILES string of the molecule is COc1cccc(CCc2ccccc2OC[C@H](CN(C)C)O[C@@H](CCCl)OP(=O)(OF)O[C@H](CCCl)O[C@H](COc2ccccc2CCc2cccc(OC)c2)CN(C)C)c1. The van der Waals surface area contributed by atoms with Gasteiger partial charge in [0.25, 0.3) is 0 Å². The molecule has 0 fully saturated rings. The molecule has 0 radical (unpaired) electrons. The van der Waals surface area contributed by atoms with Crippen molar-refractivity contribution >= 4 is 31.0 Å². The standard InChI is InChI=1S/C46H62Cl2FN2O10P/c1-50(2)31-41(33-55-43-19-9-7-15-37(43)23-21-35-13-11-17-39(29-35)53-5)57-45(25-27-47)59-62(52,61-49)60-46(26-28-48)58-42(32-51(3)4)34-56-44-20-10-8-16-38(44)24-22-36-14-12-18-40(30-36)54-6/h7-20,29-30,41-42,45-46H,21-28,31-34H2,1-6H3/t41-,42-,45+,46+/m0/s1. The molecule has 12 nitrogen and oxygen atoms in total. The molecule has 4 rings (SSSR count). The van der Waals surface area contributed by atoms with Gasteiger partial charge in [-0.2, -0.15) is 0 Å². The second kappa shape index (κ2) is 27.7. The monoisotopic (exact) mass is 922 g/mol. The van der Waals surface area contributed by atoms with Gasteiger partial charge in [-0.3, -0.25) is 9.05 Å². The largest absolute Gasteiger partial charge is 0.510 e. The lowest BCUT2D eigenvalue weighted by Gasteiger charge is -2.30. The molecular formula is C46H62Cl2FN2O10P. The lowest BCUT2D eigenvalue weighted by molar-refractivity contribution is -0.189. The molecule has 4 aromatic rings. The minimum atomic E-state index is -4.97. The molecule has 0 aliphatic rings. The first kappa shape index (κ1) is 51.2. The average Bonchev–Trinajstić information content (AvgIpc) is 3.26. The number of benzene rings is 4. The van der Waals surface area contributed by atoms with Crippen molar-refractivity contribution in [2.24, 2.45) is 0 Å². The molecule has 0 aromatic heterocycles. The minimum Gasteiger partial charge on any atom is -0.497 e. The van der Waals surface area contributed by atoms with E-state index in [4.69, 9.17) is 60.7 Å². The first-order valence-electron chi connectivity index (χ1n) is 20.6. The van der Waals surface area contributed by atoms with Crippen LogP contribution in [0.25, 0.3) is 0 Å². The van der Waals surface area contributed by atoms with Gasteiger partial charge < -0.3 is 38.2 Å². The van der Waals surface area contributed by atoms with Gasteiger partial charge in [0.15, 0.2) is 12.6 Å². The van der Waals surface area contributed by atoms with Crippen LogP contribution in [0, 0.1) is 0 Å². The van der Waals surface area contributed by atoms with Crippen molar-refractivity contribution in [1.29, 1.82) is 0 Å². The molecule has 62 heavy (non-hydrogen) atoms. The molecule has 0 saturated heterocycles. The molecular weight excluding hydrogens is 861 g/mol. The van der Waals surface area contributed by atoms with Crippen LogP contribution >= 0.6 is 31.0 Å². The Morgan fingerprint density at radius 3 is 1.39 bits per heavy atom. The van der Waals surface area contributed by atoms with Crippen LogP contribution in [0.3, 0.4) is 0 Å². The number of ether oxygens (including phenoxy) is 6. The number of methoxy groups -OCH3 is 2. The van der Waals surface area contributed by atoms with E-state index in [1.807, 2.05) is 123 Å². The van der Waals surface area contributed by atoms with E-state index in [-0.39, 0.29) is 37.8 Å². The fourth-order valence-electron chi connectivity index (χ4n) is 6.61. The third kappa shape index (κ3) is 18.3. The van der Waals surface area contributed by atoms with E-state index in [1.54, 1.807) is 14.2 Å². The fraction of sp³-hybridized carbons (Fsp3) is 0.478. The molecule has 4 aromatic carbocycles. The van der Waals surface area contributed by atoms with Gasteiger partial charge in [-0.1, -0.05) is 65.4 Å². The lowest BCUT2D eigenvalue weighted by atomic mass is 10.0. The van der Waals surface area contributed by atoms with Crippen molar-refractivity contribution < 1.29 is 51.3 Å². The maximum Gasteiger partial charge on any atom is 0.510 e. The minimum absolute atomic E-state index is 0.0225. The van der Waals surface area contributed by atoms with Gasteiger partial charge in [0.1, 0.15) is 48.4 Å². The Balaban J connectivity index is 1.41. The Morgan fingerprint density at radius 2 is 1.02 bits per heavy atom. The van der Waals surface area contributed by atoms with Crippen molar-refractivity contribution in [2.45, 2.75) is 63.3 Å². The van der Waals surface area contributed by atoms with Crippen LogP contribution in [-0.4, -0.2) is 115 Å². The number of nitrogens with zero attached hydrogens (tertiary/aromatic N) is 2. The van der Waals surface area contributed by atoms with Crippen molar-refractivity contribution in [2.75, 3.05) is 80.5 Å². The van der Waals surface area contributed by atoms with E-state index >= 15 is 0 Å². The van der Waals surface area contributed by atoms with Crippen LogP contribution in [0.1, 0.15) is 35.1 Å². The number of hydrogen-bond donors (Lipinski definition) is 0. The second-order valence-electron chi connectivity index (χ2n) is 15.1. The van der Waals surface area contributed by atoms with Crippen LogP contribution < -0.4 is 18.9 Å². The van der Waals surface area contributed by atoms with Crippen LogP contribution in [-0.2, 0) is 53.5 Å². The van der Waals surface area contributed by atoms with Gasteiger partial charge in [0, 0.05) is 37.7 Å². The number of halogens is 3. The number of phosphoric ester groups is 1. The molecule has 0 aliphatic heterocycles. The third-order valence-corrected chi connectivity index (χ3v) is 11.1. The molecule has 0 spiro atoms. The quantitative estimate of drug-likeness (QED) is 0.0273. The van der Waals surface area contributed by atoms with Crippen molar-refractivity contribution in [3.63, 3.8) is 0 Å². The average molecular weight is 924 g/mol. The van der Waals surface area contributed by atoms with Gasteiger partial charge in [-0.05, 0) is 117 Å². The van der Waals surface area contributed by atoms with E-state index in [9.17, 15) is 9.09 Å². The first-order chi connectivity index (χ1) is 30.0. The van der Waals surface area contributed by atoms with Crippen molar-refractivity contribution in [3.8, 4) is 23.0 Å². The number of phosphoric acid groups is 1. The summed E-state index contributed by atoms with van der Waals surface area (Å²) in [5.74, 6) is 3.04.